The van der Waals surface area contributed by atoms with Gasteiger partial charge in [0, 0.05) is 17.7 Å². The number of carbonyl (C=O) groups is 1. The monoisotopic (exact) mass is 318 g/mol. The molecule has 0 aliphatic rings. The number of rotatable bonds is 7. The first-order valence-corrected chi connectivity index (χ1v) is 7.55. The first-order chi connectivity index (χ1) is 11.1. The van der Waals surface area contributed by atoms with Gasteiger partial charge >= 0.3 is 0 Å². The predicted molar refractivity (Wildman–Crippen MR) is 87.2 cm³/mol. The Morgan fingerprint density at radius 2 is 1.78 bits per heavy atom. The van der Waals surface area contributed by atoms with Crippen molar-refractivity contribution in [1.29, 1.82) is 0 Å². The van der Waals surface area contributed by atoms with Crippen molar-refractivity contribution in [2.75, 3.05) is 18.5 Å². The average Bonchev–Trinajstić information content (AvgIpc) is 2.55. The summed E-state index contributed by atoms with van der Waals surface area (Å²) >= 11 is 0. The van der Waals surface area contributed by atoms with Gasteiger partial charge in [0.05, 0.1) is 6.54 Å². The maximum atomic E-state index is 13.9. The standard InChI is InChI=1S/C18H20F2N2O/c1-21-12-4-7-18(23)22(16-10-8-15(19)9-11-16)13-14-5-2-3-6-17(14)20/h2-3,5-6,8-11,21H,4,7,12-13H2,1H3. The summed E-state index contributed by atoms with van der Waals surface area (Å²) in [6, 6.07) is 12.0. The van der Waals surface area contributed by atoms with Gasteiger partial charge in [-0.25, -0.2) is 8.78 Å². The van der Waals surface area contributed by atoms with Gasteiger partial charge in [-0.2, -0.15) is 0 Å². The van der Waals surface area contributed by atoms with E-state index in [0.29, 0.717) is 24.1 Å². The first-order valence-electron chi connectivity index (χ1n) is 7.55. The van der Waals surface area contributed by atoms with E-state index in [9.17, 15) is 13.6 Å². The van der Waals surface area contributed by atoms with Crippen LogP contribution in [-0.2, 0) is 11.3 Å². The van der Waals surface area contributed by atoms with Gasteiger partial charge in [0.2, 0.25) is 5.91 Å². The number of nitrogens with one attached hydrogen (secondary N) is 1. The van der Waals surface area contributed by atoms with Crippen LogP contribution in [0.4, 0.5) is 14.5 Å². The lowest BCUT2D eigenvalue weighted by molar-refractivity contribution is -0.118. The molecular formula is C18H20F2N2O. The van der Waals surface area contributed by atoms with Gasteiger partial charge in [-0.05, 0) is 50.3 Å². The van der Waals surface area contributed by atoms with Crippen molar-refractivity contribution in [1.82, 2.24) is 5.32 Å². The van der Waals surface area contributed by atoms with Crippen LogP contribution in [0.15, 0.2) is 48.5 Å². The van der Waals surface area contributed by atoms with Crippen molar-refractivity contribution < 1.29 is 13.6 Å². The zero-order valence-corrected chi connectivity index (χ0v) is 13.1. The Hall–Kier alpha value is -2.27. The van der Waals surface area contributed by atoms with Crippen LogP contribution in [0.3, 0.4) is 0 Å². The van der Waals surface area contributed by atoms with E-state index in [1.54, 1.807) is 18.2 Å². The van der Waals surface area contributed by atoms with Crippen LogP contribution >= 0.6 is 0 Å². The van der Waals surface area contributed by atoms with E-state index in [4.69, 9.17) is 0 Å². The minimum atomic E-state index is -0.373. The number of amides is 1. The molecule has 0 radical (unpaired) electrons. The highest BCUT2D eigenvalue weighted by Crippen LogP contribution is 2.20. The fraction of sp³-hybridized carbons (Fsp3) is 0.278. The van der Waals surface area contributed by atoms with Crippen LogP contribution in [0.25, 0.3) is 0 Å². The average molecular weight is 318 g/mol. The summed E-state index contributed by atoms with van der Waals surface area (Å²) in [7, 11) is 1.82. The zero-order valence-electron chi connectivity index (χ0n) is 13.1. The zero-order chi connectivity index (χ0) is 16.7. The molecule has 0 heterocycles. The Morgan fingerprint density at radius 1 is 1.09 bits per heavy atom. The molecule has 0 aliphatic heterocycles. The van der Waals surface area contributed by atoms with Crippen molar-refractivity contribution in [2.45, 2.75) is 19.4 Å². The third-order valence-electron chi connectivity index (χ3n) is 3.54. The van der Waals surface area contributed by atoms with Crippen LogP contribution < -0.4 is 10.2 Å². The smallest absolute Gasteiger partial charge is 0.227 e. The van der Waals surface area contributed by atoms with Crippen LogP contribution in [0.1, 0.15) is 18.4 Å². The largest absolute Gasteiger partial charge is 0.320 e. The molecule has 0 saturated carbocycles. The Morgan fingerprint density at radius 3 is 2.43 bits per heavy atom. The molecule has 2 rings (SSSR count). The van der Waals surface area contributed by atoms with Gasteiger partial charge in [-0.3, -0.25) is 4.79 Å². The predicted octanol–water partition coefficient (Wildman–Crippen LogP) is 3.50. The lowest BCUT2D eigenvalue weighted by Crippen LogP contribution is -2.31. The summed E-state index contributed by atoms with van der Waals surface area (Å²) in [5.41, 5.74) is 0.989. The molecule has 1 N–H and O–H groups in total. The molecule has 23 heavy (non-hydrogen) atoms. The molecule has 0 aromatic heterocycles. The lowest BCUT2D eigenvalue weighted by Gasteiger charge is -2.23. The number of benzene rings is 2. The maximum absolute atomic E-state index is 13.9. The second kappa shape index (κ2) is 8.39. The number of halogens is 2. The second-order valence-electron chi connectivity index (χ2n) is 5.25. The number of nitrogens with zero attached hydrogens (tertiary/aromatic N) is 1. The highest BCUT2D eigenvalue weighted by Gasteiger charge is 2.17. The quantitative estimate of drug-likeness (QED) is 0.793. The fourth-order valence-electron chi connectivity index (χ4n) is 2.29. The Labute approximate surface area is 134 Å². The molecule has 3 nitrogen and oxygen atoms in total. The third-order valence-corrected chi connectivity index (χ3v) is 3.54. The first kappa shape index (κ1) is 17.1. The molecule has 0 atom stereocenters. The number of anilines is 1. The molecule has 122 valence electrons. The maximum Gasteiger partial charge on any atom is 0.227 e. The van der Waals surface area contributed by atoms with E-state index >= 15 is 0 Å². The highest BCUT2D eigenvalue weighted by molar-refractivity contribution is 5.93. The van der Waals surface area contributed by atoms with Crippen molar-refractivity contribution in [3.8, 4) is 0 Å². The lowest BCUT2D eigenvalue weighted by atomic mass is 10.1. The summed E-state index contributed by atoms with van der Waals surface area (Å²) < 4.78 is 27.0. The van der Waals surface area contributed by atoms with Gasteiger partial charge in [0.25, 0.3) is 0 Å². The van der Waals surface area contributed by atoms with E-state index in [1.165, 1.54) is 35.2 Å². The van der Waals surface area contributed by atoms with Gasteiger partial charge in [-0.15, -0.1) is 0 Å². The molecule has 0 fully saturated rings. The molecule has 2 aromatic rings. The van der Waals surface area contributed by atoms with E-state index < -0.39 is 0 Å². The molecule has 0 saturated heterocycles. The number of carbonyl (C=O) groups excluding carboxylic acids is 1. The number of hydrogen-bond acceptors (Lipinski definition) is 2. The Balaban J connectivity index is 2.22. The number of hydrogen-bond donors (Lipinski definition) is 1. The van der Waals surface area contributed by atoms with Crippen molar-refractivity contribution in [3.05, 3.63) is 65.7 Å². The topological polar surface area (TPSA) is 32.3 Å². The molecule has 0 unspecified atom stereocenters. The van der Waals surface area contributed by atoms with Crippen LogP contribution in [0.2, 0.25) is 0 Å². The van der Waals surface area contributed by atoms with E-state index in [0.717, 1.165) is 6.54 Å². The summed E-state index contributed by atoms with van der Waals surface area (Å²) in [6.45, 7) is 0.847. The normalized spacial score (nSPS) is 10.6. The summed E-state index contributed by atoms with van der Waals surface area (Å²) in [6.07, 6.45) is 1.02. The van der Waals surface area contributed by atoms with Gasteiger partial charge in [-0.1, -0.05) is 18.2 Å². The highest BCUT2D eigenvalue weighted by atomic mass is 19.1. The van der Waals surface area contributed by atoms with Crippen LogP contribution in [0.5, 0.6) is 0 Å². The van der Waals surface area contributed by atoms with Crippen molar-refractivity contribution in [2.24, 2.45) is 0 Å². The van der Waals surface area contributed by atoms with E-state index in [-0.39, 0.29) is 24.1 Å². The van der Waals surface area contributed by atoms with Crippen molar-refractivity contribution >= 4 is 11.6 Å². The molecule has 2 aromatic carbocycles. The van der Waals surface area contributed by atoms with Gasteiger partial charge < -0.3 is 10.2 Å². The van der Waals surface area contributed by atoms with Crippen molar-refractivity contribution in [3.63, 3.8) is 0 Å². The van der Waals surface area contributed by atoms with Gasteiger partial charge in [0.15, 0.2) is 0 Å². The Bertz CT molecular complexity index is 644. The molecule has 0 aliphatic carbocycles. The van der Waals surface area contributed by atoms with E-state index in [2.05, 4.69) is 5.32 Å². The molecule has 0 spiro atoms. The molecular weight excluding hydrogens is 298 g/mol. The molecule has 5 heteroatoms. The van der Waals surface area contributed by atoms with Crippen LogP contribution in [-0.4, -0.2) is 19.5 Å². The molecule has 1 amide bonds. The summed E-state index contributed by atoms with van der Waals surface area (Å²) in [5, 5.41) is 2.99. The van der Waals surface area contributed by atoms with Gasteiger partial charge in [0.1, 0.15) is 11.6 Å². The Kier molecular flexibility index (Phi) is 6.23. The molecule has 0 bridgehead atoms. The fourth-order valence-corrected chi connectivity index (χ4v) is 2.29. The van der Waals surface area contributed by atoms with E-state index in [1.807, 2.05) is 7.05 Å². The third kappa shape index (κ3) is 4.86. The summed E-state index contributed by atoms with van der Waals surface area (Å²) in [5.74, 6) is -0.847. The minimum Gasteiger partial charge on any atom is -0.320 e. The van der Waals surface area contributed by atoms with Crippen LogP contribution in [0, 0.1) is 11.6 Å². The minimum absolute atomic E-state index is 0.116. The summed E-state index contributed by atoms with van der Waals surface area (Å²) in [4.78, 5) is 14.0. The second-order valence-corrected chi connectivity index (χ2v) is 5.25. The SMILES string of the molecule is CNCCCC(=O)N(Cc1ccccc1F)c1ccc(F)cc1.